The summed E-state index contributed by atoms with van der Waals surface area (Å²) >= 11 is 0. The summed E-state index contributed by atoms with van der Waals surface area (Å²) in [4.78, 5) is 13.0. The number of hydrogen-bond donors (Lipinski definition) is 4. The molecule has 0 aliphatic rings. The van der Waals surface area contributed by atoms with Crippen LogP contribution in [0.4, 0.5) is 0 Å². The minimum atomic E-state index is -3.89. The highest BCUT2D eigenvalue weighted by Crippen LogP contribution is 2.11. The fourth-order valence-corrected chi connectivity index (χ4v) is 3.35. The lowest BCUT2D eigenvalue weighted by Crippen LogP contribution is -2.32. The molecule has 4 N–H and O–H groups in total. The molecule has 0 aromatic carbocycles. The summed E-state index contributed by atoms with van der Waals surface area (Å²) in [5, 5.41) is 33.9. The zero-order valence-electron chi connectivity index (χ0n) is 18.5. The summed E-state index contributed by atoms with van der Waals surface area (Å²) in [5.74, 6) is -1.25. The molecule has 0 heterocycles. The molecular weight excluding hydrogens is 414 g/mol. The lowest BCUT2D eigenvalue weighted by molar-refractivity contribution is -0.133. The van der Waals surface area contributed by atoms with Gasteiger partial charge < -0.3 is 24.6 Å². The quantitative estimate of drug-likeness (QED) is 0.165. The number of carbonyl (C=O) groups excluding carboxylic acids is 1. The fraction of sp³-hybridized carbons (Fsp3) is 0.950. The Morgan fingerprint density at radius 2 is 1.17 bits per heavy atom. The maximum absolute atomic E-state index is 11.3. The molecule has 0 atom stereocenters. The largest absolute Gasteiger partial charge is 0.395 e. The van der Waals surface area contributed by atoms with Crippen molar-refractivity contribution in [3.8, 4) is 0 Å². The van der Waals surface area contributed by atoms with Crippen LogP contribution in [0.5, 0.6) is 0 Å². The average molecular weight is 458 g/mol. The predicted octanol–water partition coefficient (Wildman–Crippen LogP) is 1.04. The Bertz CT molecular complexity index is 459. The van der Waals surface area contributed by atoms with Crippen molar-refractivity contribution < 1.29 is 37.8 Å². The van der Waals surface area contributed by atoms with Gasteiger partial charge in [0, 0.05) is 26.1 Å². The van der Waals surface area contributed by atoms with Crippen molar-refractivity contribution in [3.63, 3.8) is 0 Å². The second-order valence-electron chi connectivity index (χ2n) is 7.03. The van der Waals surface area contributed by atoms with Crippen molar-refractivity contribution in [1.29, 1.82) is 0 Å². The van der Waals surface area contributed by atoms with E-state index in [1.807, 2.05) is 0 Å². The summed E-state index contributed by atoms with van der Waals surface area (Å²) in [6, 6.07) is 0. The van der Waals surface area contributed by atoms with Gasteiger partial charge in [-0.2, -0.15) is 8.42 Å². The van der Waals surface area contributed by atoms with E-state index in [0.717, 1.165) is 12.8 Å². The van der Waals surface area contributed by atoms with E-state index in [1.165, 1.54) is 38.5 Å². The van der Waals surface area contributed by atoms with E-state index >= 15 is 0 Å². The Morgan fingerprint density at radius 3 is 1.57 bits per heavy atom. The molecule has 0 aliphatic carbocycles. The number of unbranched alkanes of at least 4 members (excludes halogenated alkanes) is 8. The van der Waals surface area contributed by atoms with E-state index < -0.39 is 28.4 Å². The topological polar surface area (TPSA) is 145 Å². The van der Waals surface area contributed by atoms with Gasteiger partial charge in [0.15, 0.2) is 0 Å². The van der Waals surface area contributed by atoms with Crippen molar-refractivity contribution in [3.05, 3.63) is 0 Å². The summed E-state index contributed by atoms with van der Waals surface area (Å²) in [6.07, 6.45) is 10.3. The third-order valence-electron chi connectivity index (χ3n) is 4.29. The van der Waals surface area contributed by atoms with Crippen LogP contribution < -0.4 is 0 Å². The molecule has 9 nitrogen and oxygen atoms in total. The normalized spacial score (nSPS) is 11.3. The molecule has 0 aliphatic heterocycles. The molecule has 30 heavy (non-hydrogen) atoms. The second kappa shape index (κ2) is 22.9. The van der Waals surface area contributed by atoms with Gasteiger partial charge in [-0.1, -0.05) is 58.3 Å². The van der Waals surface area contributed by atoms with Crippen molar-refractivity contribution in [2.45, 2.75) is 71.1 Å². The van der Waals surface area contributed by atoms with Gasteiger partial charge in [-0.05, 0) is 6.42 Å². The summed E-state index contributed by atoms with van der Waals surface area (Å²) in [6.45, 7) is 3.41. The summed E-state index contributed by atoms with van der Waals surface area (Å²) in [5.41, 5.74) is 0. The molecule has 0 bridgehead atoms. The molecule has 0 rings (SSSR count). The SMILES string of the molecule is CCCCCCCCCCCC(=O)OS(=O)(=O)CCO.OCCN(CCO)CCO. The molecule has 0 spiro atoms. The van der Waals surface area contributed by atoms with Gasteiger partial charge in [0.1, 0.15) is 5.75 Å². The lowest BCUT2D eigenvalue weighted by atomic mass is 10.1. The van der Waals surface area contributed by atoms with Gasteiger partial charge in [0.2, 0.25) is 0 Å². The minimum Gasteiger partial charge on any atom is -0.395 e. The van der Waals surface area contributed by atoms with E-state index in [9.17, 15) is 13.2 Å². The number of rotatable bonds is 19. The Morgan fingerprint density at radius 1 is 0.733 bits per heavy atom. The first-order valence-electron chi connectivity index (χ1n) is 11.0. The number of aliphatic hydroxyl groups is 4. The first-order valence-corrected chi connectivity index (χ1v) is 12.5. The van der Waals surface area contributed by atoms with Crippen LogP contribution in [0, 0.1) is 0 Å². The highest BCUT2D eigenvalue weighted by atomic mass is 32.2. The van der Waals surface area contributed by atoms with Gasteiger partial charge >= 0.3 is 16.1 Å². The molecule has 182 valence electrons. The van der Waals surface area contributed by atoms with Gasteiger partial charge in [-0.3, -0.25) is 9.69 Å². The molecule has 0 amide bonds. The van der Waals surface area contributed by atoms with E-state index in [-0.39, 0.29) is 26.2 Å². The zero-order chi connectivity index (χ0) is 23.1. The lowest BCUT2D eigenvalue weighted by Gasteiger charge is -2.17. The van der Waals surface area contributed by atoms with Crippen LogP contribution in [0.3, 0.4) is 0 Å². The van der Waals surface area contributed by atoms with Crippen molar-refractivity contribution in [2.24, 2.45) is 0 Å². The molecular formula is C20H43NO8S. The average Bonchev–Trinajstić information content (AvgIpc) is 2.67. The molecule has 0 fully saturated rings. The molecule has 0 saturated carbocycles. The molecule has 0 unspecified atom stereocenters. The highest BCUT2D eigenvalue weighted by Gasteiger charge is 2.15. The summed E-state index contributed by atoms with van der Waals surface area (Å²) < 4.78 is 26.5. The van der Waals surface area contributed by atoms with Crippen LogP contribution in [0.2, 0.25) is 0 Å². The smallest absolute Gasteiger partial charge is 0.322 e. The third-order valence-corrected chi connectivity index (χ3v) is 5.42. The van der Waals surface area contributed by atoms with Crippen LogP contribution in [-0.2, 0) is 19.1 Å². The van der Waals surface area contributed by atoms with Crippen LogP contribution >= 0.6 is 0 Å². The van der Waals surface area contributed by atoms with Gasteiger partial charge in [-0.25, -0.2) is 0 Å². The standard InChI is InChI=1S/C14H28O5S.C6H15NO3/c1-2-3-4-5-6-7-8-9-10-11-14(16)19-20(17,18)13-12-15;8-4-1-7(2-5-9)3-6-10/h15H,2-13H2,1H3;8-10H,1-6H2. The maximum Gasteiger partial charge on any atom is 0.322 e. The molecule has 0 aromatic heterocycles. The first-order chi connectivity index (χ1) is 14.4. The van der Waals surface area contributed by atoms with E-state index in [0.29, 0.717) is 26.1 Å². The Kier molecular flexibility index (Phi) is 24.0. The van der Waals surface area contributed by atoms with Crippen molar-refractivity contribution in [1.82, 2.24) is 4.90 Å². The number of carbonyl (C=O) groups is 1. The van der Waals surface area contributed by atoms with Crippen molar-refractivity contribution >= 4 is 16.1 Å². The van der Waals surface area contributed by atoms with Crippen LogP contribution in [-0.4, -0.2) is 91.5 Å². The minimum absolute atomic E-state index is 0.0694. The second-order valence-corrected chi connectivity index (χ2v) is 8.72. The maximum atomic E-state index is 11.3. The van der Waals surface area contributed by atoms with Crippen LogP contribution in [0.15, 0.2) is 0 Å². The van der Waals surface area contributed by atoms with Gasteiger partial charge in [0.05, 0.1) is 26.4 Å². The van der Waals surface area contributed by atoms with Crippen LogP contribution in [0.1, 0.15) is 71.1 Å². The fourth-order valence-electron chi connectivity index (χ4n) is 2.68. The van der Waals surface area contributed by atoms with E-state index in [4.69, 9.17) is 20.4 Å². The molecule has 0 aromatic rings. The highest BCUT2D eigenvalue weighted by molar-refractivity contribution is 7.87. The van der Waals surface area contributed by atoms with E-state index in [2.05, 4.69) is 11.1 Å². The van der Waals surface area contributed by atoms with E-state index in [1.54, 1.807) is 4.90 Å². The number of aliphatic hydroxyl groups excluding tert-OH is 4. The third kappa shape index (κ3) is 23.5. The number of hydrogen-bond acceptors (Lipinski definition) is 9. The van der Waals surface area contributed by atoms with Crippen LogP contribution in [0.25, 0.3) is 0 Å². The van der Waals surface area contributed by atoms with Gasteiger partial charge in [-0.15, -0.1) is 0 Å². The number of nitrogens with zero attached hydrogens (tertiary/aromatic N) is 1. The summed E-state index contributed by atoms with van der Waals surface area (Å²) in [7, 11) is -3.89. The Hall–Kier alpha value is -0.780. The Balaban J connectivity index is 0. The monoisotopic (exact) mass is 457 g/mol. The zero-order valence-corrected chi connectivity index (χ0v) is 19.3. The van der Waals surface area contributed by atoms with Crippen molar-refractivity contribution in [2.75, 3.05) is 51.8 Å². The molecule has 0 radical (unpaired) electrons. The molecule has 0 saturated heterocycles. The molecule has 10 heteroatoms. The predicted molar refractivity (Wildman–Crippen MR) is 117 cm³/mol. The first kappa shape index (κ1) is 31.4. The van der Waals surface area contributed by atoms with Gasteiger partial charge in [0.25, 0.3) is 0 Å². The Labute approximate surface area is 182 Å².